The summed E-state index contributed by atoms with van der Waals surface area (Å²) in [6.07, 6.45) is 0.706. The summed E-state index contributed by atoms with van der Waals surface area (Å²) in [7, 11) is -3.06. The lowest BCUT2D eigenvalue weighted by molar-refractivity contribution is -0.134. The number of rotatable bonds is 5. The maximum absolute atomic E-state index is 11.4. The highest BCUT2D eigenvalue weighted by atomic mass is 32.2. The molecule has 0 bridgehead atoms. The molecule has 98 valence electrons. The Morgan fingerprint density at radius 1 is 1.47 bits per heavy atom. The number of piperidine rings is 1. The van der Waals surface area contributed by atoms with E-state index in [4.69, 9.17) is 0 Å². The summed E-state index contributed by atoms with van der Waals surface area (Å²) in [5, 5.41) is 5.16. The van der Waals surface area contributed by atoms with Gasteiger partial charge in [-0.15, -0.1) is 0 Å². The molecular formula is C10H18N2O4S. The van der Waals surface area contributed by atoms with Crippen LogP contribution in [0.5, 0.6) is 0 Å². The third-order valence-corrected chi connectivity index (χ3v) is 4.56. The van der Waals surface area contributed by atoms with Crippen LogP contribution < -0.4 is 10.6 Å². The standard InChI is InChI=1S/C10H18N2O4S/c1-3-17(15,16)6-7(2)11-8-4-5-9(13)12-10(8)14/h7-8,11H,3-6H2,1-2H3,(H,12,13,14). The van der Waals surface area contributed by atoms with Gasteiger partial charge in [0.15, 0.2) is 9.84 Å². The van der Waals surface area contributed by atoms with E-state index < -0.39 is 15.9 Å². The third kappa shape index (κ3) is 4.43. The Morgan fingerprint density at radius 2 is 2.12 bits per heavy atom. The molecule has 2 amide bonds. The molecule has 0 aromatic rings. The largest absolute Gasteiger partial charge is 0.302 e. The van der Waals surface area contributed by atoms with Crippen LogP contribution >= 0.6 is 0 Å². The van der Waals surface area contributed by atoms with Gasteiger partial charge in [-0.25, -0.2) is 8.42 Å². The summed E-state index contributed by atoms with van der Waals surface area (Å²) in [6.45, 7) is 3.31. The molecule has 17 heavy (non-hydrogen) atoms. The van der Waals surface area contributed by atoms with Crippen LogP contribution in [0.1, 0.15) is 26.7 Å². The number of carbonyl (C=O) groups is 2. The van der Waals surface area contributed by atoms with Crippen molar-refractivity contribution in [2.24, 2.45) is 0 Å². The Balaban J connectivity index is 2.49. The fourth-order valence-corrected chi connectivity index (χ4v) is 2.84. The number of carbonyl (C=O) groups excluding carboxylic acids is 2. The molecule has 1 aliphatic rings. The van der Waals surface area contributed by atoms with Gasteiger partial charge in [0.25, 0.3) is 0 Å². The maximum atomic E-state index is 11.4. The van der Waals surface area contributed by atoms with Crippen LogP contribution in [0, 0.1) is 0 Å². The molecule has 0 radical (unpaired) electrons. The van der Waals surface area contributed by atoms with E-state index in [2.05, 4.69) is 10.6 Å². The van der Waals surface area contributed by atoms with Crippen molar-refractivity contribution in [3.8, 4) is 0 Å². The number of hydrogen-bond acceptors (Lipinski definition) is 5. The molecule has 0 aromatic heterocycles. The smallest absolute Gasteiger partial charge is 0.243 e. The monoisotopic (exact) mass is 262 g/mol. The SMILES string of the molecule is CCS(=O)(=O)CC(C)NC1CCC(=O)NC1=O. The Hall–Kier alpha value is -0.950. The highest BCUT2D eigenvalue weighted by molar-refractivity contribution is 7.91. The van der Waals surface area contributed by atoms with Gasteiger partial charge in [-0.05, 0) is 13.3 Å². The van der Waals surface area contributed by atoms with Gasteiger partial charge >= 0.3 is 0 Å². The van der Waals surface area contributed by atoms with Gasteiger partial charge in [-0.3, -0.25) is 14.9 Å². The second kappa shape index (κ2) is 5.59. The van der Waals surface area contributed by atoms with E-state index >= 15 is 0 Å². The summed E-state index contributed by atoms with van der Waals surface area (Å²) in [6, 6.07) is -0.779. The predicted molar refractivity (Wildman–Crippen MR) is 63.1 cm³/mol. The summed E-state index contributed by atoms with van der Waals surface area (Å²) in [5.41, 5.74) is 0. The molecule has 0 spiro atoms. The van der Waals surface area contributed by atoms with Gasteiger partial charge in [0.1, 0.15) is 0 Å². The van der Waals surface area contributed by atoms with Gasteiger partial charge in [0.05, 0.1) is 11.8 Å². The van der Waals surface area contributed by atoms with Crippen LogP contribution in [0.3, 0.4) is 0 Å². The van der Waals surface area contributed by atoms with Crippen molar-refractivity contribution < 1.29 is 18.0 Å². The average molecular weight is 262 g/mol. The van der Waals surface area contributed by atoms with Crippen molar-refractivity contribution in [2.75, 3.05) is 11.5 Å². The molecule has 1 rings (SSSR count). The molecule has 2 unspecified atom stereocenters. The topological polar surface area (TPSA) is 92.3 Å². The number of amides is 2. The van der Waals surface area contributed by atoms with Crippen molar-refractivity contribution in [3.63, 3.8) is 0 Å². The van der Waals surface area contributed by atoms with Crippen LogP contribution in [0.25, 0.3) is 0 Å². The zero-order valence-electron chi connectivity index (χ0n) is 10.0. The summed E-state index contributed by atoms with van der Waals surface area (Å²) in [5.74, 6) is -0.556. The third-order valence-electron chi connectivity index (χ3n) is 2.67. The fraction of sp³-hybridized carbons (Fsp3) is 0.800. The number of sulfone groups is 1. The van der Waals surface area contributed by atoms with Gasteiger partial charge in [-0.2, -0.15) is 0 Å². The minimum atomic E-state index is -3.06. The Kier molecular flexibility index (Phi) is 4.64. The zero-order valence-corrected chi connectivity index (χ0v) is 10.8. The first-order valence-electron chi connectivity index (χ1n) is 5.64. The molecule has 0 aliphatic carbocycles. The molecule has 1 aliphatic heterocycles. The zero-order chi connectivity index (χ0) is 13.1. The Bertz CT molecular complexity index is 405. The molecule has 1 heterocycles. The molecule has 1 saturated heterocycles. The van der Waals surface area contributed by atoms with E-state index in [9.17, 15) is 18.0 Å². The van der Waals surface area contributed by atoms with E-state index in [1.165, 1.54) is 0 Å². The summed E-state index contributed by atoms with van der Waals surface area (Å²) >= 11 is 0. The van der Waals surface area contributed by atoms with Crippen LogP contribution in [0.2, 0.25) is 0 Å². The first kappa shape index (κ1) is 14.1. The van der Waals surface area contributed by atoms with Crippen molar-refractivity contribution in [1.29, 1.82) is 0 Å². The van der Waals surface area contributed by atoms with Gasteiger partial charge < -0.3 is 5.32 Å². The predicted octanol–water partition coefficient (Wildman–Crippen LogP) is -0.796. The van der Waals surface area contributed by atoms with Crippen molar-refractivity contribution in [3.05, 3.63) is 0 Å². The Labute approximate surface area is 101 Å². The number of hydrogen-bond donors (Lipinski definition) is 2. The van der Waals surface area contributed by atoms with E-state index in [1.54, 1.807) is 13.8 Å². The second-order valence-electron chi connectivity index (χ2n) is 4.27. The number of imide groups is 1. The average Bonchev–Trinajstić information content (AvgIpc) is 2.21. The van der Waals surface area contributed by atoms with Crippen LogP contribution in [0.15, 0.2) is 0 Å². The Morgan fingerprint density at radius 3 is 2.65 bits per heavy atom. The van der Waals surface area contributed by atoms with Crippen molar-refractivity contribution in [1.82, 2.24) is 10.6 Å². The molecule has 2 atom stereocenters. The van der Waals surface area contributed by atoms with E-state index in [1.807, 2.05) is 0 Å². The molecule has 7 heteroatoms. The van der Waals surface area contributed by atoms with Crippen LogP contribution in [-0.4, -0.2) is 43.8 Å². The lowest BCUT2D eigenvalue weighted by atomic mass is 10.1. The highest BCUT2D eigenvalue weighted by Crippen LogP contribution is 2.06. The first-order chi connectivity index (χ1) is 7.84. The van der Waals surface area contributed by atoms with Gasteiger partial charge in [-0.1, -0.05) is 6.92 Å². The quantitative estimate of drug-likeness (QED) is 0.633. The number of nitrogens with one attached hydrogen (secondary N) is 2. The van der Waals surface area contributed by atoms with E-state index in [0.29, 0.717) is 6.42 Å². The van der Waals surface area contributed by atoms with Crippen LogP contribution in [0.4, 0.5) is 0 Å². The second-order valence-corrected chi connectivity index (χ2v) is 6.67. The van der Waals surface area contributed by atoms with E-state index in [0.717, 1.165) is 0 Å². The molecule has 0 aromatic carbocycles. The summed E-state index contributed by atoms with van der Waals surface area (Å²) < 4.78 is 22.8. The minimum absolute atomic E-state index is 0.00122. The normalized spacial score (nSPS) is 23.3. The van der Waals surface area contributed by atoms with Crippen molar-refractivity contribution >= 4 is 21.7 Å². The molecule has 6 nitrogen and oxygen atoms in total. The molecule has 0 saturated carbocycles. The lowest BCUT2D eigenvalue weighted by Crippen LogP contribution is -2.54. The van der Waals surface area contributed by atoms with Gasteiger partial charge in [0.2, 0.25) is 11.8 Å². The van der Waals surface area contributed by atoms with Gasteiger partial charge in [0, 0.05) is 18.2 Å². The maximum Gasteiger partial charge on any atom is 0.243 e. The van der Waals surface area contributed by atoms with Crippen molar-refractivity contribution in [2.45, 2.75) is 38.8 Å². The molecule has 2 N–H and O–H groups in total. The molecular weight excluding hydrogens is 244 g/mol. The lowest BCUT2D eigenvalue weighted by Gasteiger charge is -2.25. The summed E-state index contributed by atoms with van der Waals surface area (Å²) in [4.78, 5) is 22.4. The minimum Gasteiger partial charge on any atom is -0.302 e. The fourth-order valence-electron chi connectivity index (χ4n) is 1.74. The van der Waals surface area contributed by atoms with Crippen LogP contribution in [-0.2, 0) is 19.4 Å². The first-order valence-corrected chi connectivity index (χ1v) is 7.46. The van der Waals surface area contributed by atoms with E-state index in [-0.39, 0.29) is 35.8 Å². The highest BCUT2D eigenvalue weighted by Gasteiger charge is 2.28. The molecule has 1 fully saturated rings.